The lowest BCUT2D eigenvalue weighted by atomic mass is 10.1. The summed E-state index contributed by atoms with van der Waals surface area (Å²) in [7, 11) is 1.68. The van der Waals surface area contributed by atoms with Gasteiger partial charge in [0.2, 0.25) is 0 Å². The highest BCUT2D eigenvalue weighted by Gasteiger charge is 2.22. The number of ether oxygens (including phenoxy) is 1. The predicted molar refractivity (Wildman–Crippen MR) is 124 cm³/mol. The molecule has 0 aliphatic rings. The molecule has 0 aliphatic heterocycles. The molecule has 0 fully saturated rings. The molecule has 0 heterocycles. The maximum Gasteiger partial charge on any atom is 0.261 e. The van der Waals surface area contributed by atoms with E-state index in [1.54, 1.807) is 37.4 Å². The minimum atomic E-state index is -0.226. The Kier molecular flexibility index (Phi) is 7.82. The number of nitrogens with one attached hydrogen (secondary N) is 1. The molecule has 5 heteroatoms. The average molecular weight is 417 g/mol. The second kappa shape index (κ2) is 11.0. The number of carbonyl (C=O) groups is 2. The molecule has 5 nitrogen and oxygen atoms in total. The number of hydrogen-bond donors (Lipinski definition) is 1. The lowest BCUT2D eigenvalue weighted by molar-refractivity contribution is 0.0954. The zero-order chi connectivity index (χ0) is 22.1. The number of amides is 2. The number of anilines is 1. The van der Waals surface area contributed by atoms with Crippen LogP contribution in [0.5, 0.6) is 5.75 Å². The van der Waals surface area contributed by atoms with E-state index < -0.39 is 0 Å². The molecule has 31 heavy (non-hydrogen) atoms. The highest BCUT2D eigenvalue weighted by molar-refractivity contribution is 6.11. The molecule has 0 bridgehead atoms. The standard InChI is InChI=1S/C26H28N2O3/c1-3-19-31-24-16-10-8-14-22(24)26(30)28(2)23-15-9-7-13-21(23)25(29)27-18-17-20-11-5-4-6-12-20/h4-16H,3,17-19H2,1-2H3,(H,27,29). The molecule has 0 atom stereocenters. The third kappa shape index (κ3) is 5.72. The van der Waals surface area contributed by atoms with Crippen molar-refractivity contribution in [3.05, 3.63) is 95.6 Å². The fraction of sp³-hybridized carbons (Fsp3) is 0.231. The number of benzene rings is 3. The Balaban J connectivity index is 1.74. The molecular weight excluding hydrogens is 388 g/mol. The smallest absolute Gasteiger partial charge is 0.261 e. The fourth-order valence-corrected chi connectivity index (χ4v) is 3.29. The summed E-state index contributed by atoms with van der Waals surface area (Å²) in [5.41, 5.74) is 2.64. The summed E-state index contributed by atoms with van der Waals surface area (Å²) in [5, 5.41) is 2.96. The third-order valence-corrected chi connectivity index (χ3v) is 4.94. The van der Waals surface area contributed by atoms with E-state index in [9.17, 15) is 9.59 Å². The topological polar surface area (TPSA) is 58.6 Å². The minimum absolute atomic E-state index is 0.207. The maximum absolute atomic E-state index is 13.2. The lowest BCUT2D eigenvalue weighted by Gasteiger charge is -2.22. The van der Waals surface area contributed by atoms with E-state index in [2.05, 4.69) is 5.32 Å². The lowest BCUT2D eigenvalue weighted by Crippen LogP contribution is -2.31. The highest BCUT2D eigenvalue weighted by atomic mass is 16.5. The average Bonchev–Trinajstić information content (AvgIpc) is 2.82. The maximum atomic E-state index is 13.2. The van der Waals surface area contributed by atoms with Crippen LogP contribution >= 0.6 is 0 Å². The largest absolute Gasteiger partial charge is 0.493 e. The molecule has 2 amide bonds. The Morgan fingerprint density at radius 2 is 1.52 bits per heavy atom. The number of carbonyl (C=O) groups excluding carboxylic acids is 2. The van der Waals surface area contributed by atoms with Gasteiger partial charge in [0.15, 0.2) is 0 Å². The summed E-state index contributed by atoms with van der Waals surface area (Å²) in [6.45, 7) is 3.07. The van der Waals surface area contributed by atoms with Crippen LogP contribution in [-0.4, -0.2) is 32.0 Å². The van der Waals surface area contributed by atoms with E-state index in [0.29, 0.717) is 35.7 Å². The van der Waals surface area contributed by atoms with E-state index in [1.807, 2.05) is 55.5 Å². The van der Waals surface area contributed by atoms with Crippen molar-refractivity contribution in [1.82, 2.24) is 5.32 Å². The van der Waals surface area contributed by atoms with Crippen LogP contribution in [0.15, 0.2) is 78.9 Å². The van der Waals surface area contributed by atoms with E-state index in [1.165, 1.54) is 4.90 Å². The van der Waals surface area contributed by atoms with Crippen LogP contribution in [-0.2, 0) is 6.42 Å². The van der Waals surface area contributed by atoms with E-state index in [0.717, 1.165) is 18.4 Å². The van der Waals surface area contributed by atoms with E-state index in [4.69, 9.17) is 4.74 Å². The van der Waals surface area contributed by atoms with Crippen molar-refractivity contribution in [2.45, 2.75) is 19.8 Å². The van der Waals surface area contributed by atoms with E-state index >= 15 is 0 Å². The van der Waals surface area contributed by atoms with Gasteiger partial charge < -0.3 is 15.0 Å². The molecule has 0 saturated heterocycles. The van der Waals surface area contributed by atoms with Crippen molar-refractivity contribution >= 4 is 17.5 Å². The second-order valence-electron chi connectivity index (χ2n) is 7.22. The SMILES string of the molecule is CCCOc1ccccc1C(=O)N(C)c1ccccc1C(=O)NCCc1ccccc1. The van der Waals surface area contributed by atoms with Gasteiger partial charge in [-0.2, -0.15) is 0 Å². The number of hydrogen-bond acceptors (Lipinski definition) is 3. The first-order valence-electron chi connectivity index (χ1n) is 10.5. The van der Waals surface area contributed by atoms with Gasteiger partial charge in [-0.1, -0.05) is 61.5 Å². The normalized spacial score (nSPS) is 10.4. The number of para-hydroxylation sites is 2. The molecule has 0 unspecified atom stereocenters. The molecule has 0 radical (unpaired) electrons. The molecule has 0 aromatic heterocycles. The summed E-state index contributed by atoms with van der Waals surface area (Å²) in [6.07, 6.45) is 1.59. The molecule has 0 saturated carbocycles. The highest BCUT2D eigenvalue weighted by Crippen LogP contribution is 2.25. The summed E-state index contributed by atoms with van der Waals surface area (Å²) in [5.74, 6) is 0.115. The summed E-state index contributed by atoms with van der Waals surface area (Å²) in [4.78, 5) is 27.6. The minimum Gasteiger partial charge on any atom is -0.493 e. The first-order valence-corrected chi connectivity index (χ1v) is 10.5. The summed E-state index contributed by atoms with van der Waals surface area (Å²) >= 11 is 0. The third-order valence-electron chi connectivity index (χ3n) is 4.94. The van der Waals surface area contributed by atoms with Crippen LogP contribution in [0, 0.1) is 0 Å². The second-order valence-corrected chi connectivity index (χ2v) is 7.22. The van der Waals surface area contributed by atoms with Gasteiger partial charge in [-0.15, -0.1) is 0 Å². The first-order chi connectivity index (χ1) is 15.1. The Morgan fingerprint density at radius 3 is 2.26 bits per heavy atom. The quantitative estimate of drug-likeness (QED) is 0.549. The van der Waals surface area contributed by atoms with Crippen LogP contribution in [0.25, 0.3) is 0 Å². The summed E-state index contributed by atoms with van der Waals surface area (Å²) in [6, 6.07) is 24.3. The van der Waals surface area contributed by atoms with E-state index in [-0.39, 0.29) is 11.8 Å². The van der Waals surface area contributed by atoms with Gasteiger partial charge in [-0.05, 0) is 42.7 Å². The van der Waals surface area contributed by atoms with Gasteiger partial charge in [0.1, 0.15) is 5.75 Å². The van der Waals surface area contributed by atoms with Gasteiger partial charge in [0, 0.05) is 13.6 Å². The van der Waals surface area contributed by atoms with Crippen molar-refractivity contribution in [2.75, 3.05) is 25.1 Å². The van der Waals surface area contributed by atoms with Crippen molar-refractivity contribution in [3.8, 4) is 5.75 Å². The first kappa shape index (κ1) is 22.1. The van der Waals surface area contributed by atoms with Crippen LogP contribution < -0.4 is 15.0 Å². The molecule has 0 aliphatic carbocycles. The Hall–Kier alpha value is -3.60. The van der Waals surface area contributed by atoms with Gasteiger partial charge in [-0.25, -0.2) is 0 Å². The molecule has 0 spiro atoms. The van der Waals surface area contributed by atoms with Crippen molar-refractivity contribution < 1.29 is 14.3 Å². The van der Waals surface area contributed by atoms with Gasteiger partial charge in [-0.3, -0.25) is 9.59 Å². The molecular formula is C26H28N2O3. The Labute approximate surface area is 183 Å². The van der Waals surface area contributed by atoms with Crippen molar-refractivity contribution in [1.29, 1.82) is 0 Å². The molecule has 3 aromatic carbocycles. The van der Waals surface area contributed by atoms with Gasteiger partial charge >= 0.3 is 0 Å². The Morgan fingerprint density at radius 1 is 0.871 bits per heavy atom. The van der Waals surface area contributed by atoms with Crippen molar-refractivity contribution in [2.24, 2.45) is 0 Å². The zero-order valence-electron chi connectivity index (χ0n) is 18.0. The number of rotatable bonds is 9. The number of nitrogens with zero attached hydrogens (tertiary/aromatic N) is 1. The Bertz CT molecular complexity index is 1020. The van der Waals surface area contributed by atoms with Crippen LogP contribution in [0.2, 0.25) is 0 Å². The molecule has 3 aromatic rings. The predicted octanol–water partition coefficient (Wildman–Crippen LogP) is 4.72. The van der Waals surface area contributed by atoms with Crippen LogP contribution in [0.3, 0.4) is 0 Å². The molecule has 160 valence electrons. The fourth-order valence-electron chi connectivity index (χ4n) is 3.29. The zero-order valence-corrected chi connectivity index (χ0v) is 18.0. The van der Waals surface area contributed by atoms with Crippen molar-refractivity contribution in [3.63, 3.8) is 0 Å². The van der Waals surface area contributed by atoms with Gasteiger partial charge in [0.25, 0.3) is 11.8 Å². The molecule has 1 N–H and O–H groups in total. The monoisotopic (exact) mass is 416 g/mol. The van der Waals surface area contributed by atoms with Gasteiger partial charge in [0.05, 0.1) is 23.4 Å². The van der Waals surface area contributed by atoms with Crippen LogP contribution in [0.4, 0.5) is 5.69 Å². The molecule has 3 rings (SSSR count). The summed E-state index contributed by atoms with van der Waals surface area (Å²) < 4.78 is 5.74. The van der Waals surface area contributed by atoms with Crippen LogP contribution in [0.1, 0.15) is 39.6 Å².